The van der Waals surface area contributed by atoms with Crippen LogP contribution in [0.1, 0.15) is 49.9 Å². The third-order valence-electron chi connectivity index (χ3n) is 8.44. The molecule has 0 spiro atoms. The molecule has 32 heavy (non-hydrogen) atoms. The van der Waals surface area contributed by atoms with Gasteiger partial charge >= 0.3 is 6.03 Å². The van der Waals surface area contributed by atoms with Crippen molar-refractivity contribution in [2.45, 2.75) is 52.0 Å². The highest BCUT2D eigenvalue weighted by molar-refractivity contribution is 5.84. The second-order valence-electron chi connectivity index (χ2n) is 10.8. The molecule has 4 bridgehead atoms. The number of fused-ring (bicyclic) bond motifs is 1. The molecule has 1 aromatic heterocycles. The predicted molar refractivity (Wildman–Crippen MR) is 122 cm³/mol. The number of hydrogen-bond donors (Lipinski definition) is 2. The lowest BCUT2D eigenvalue weighted by molar-refractivity contribution is -0.159. The third kappa shape index (κ3) is 3.46. The number of rotatable bonds is 3. The monoisotopic (exact) mass is 435 g/mol. The number of imidazole rings is 1. The number of H-pyrrole nitrogens is 1. The Hall–Kier alpha value is -2.57. The van der Waals surface area contributed by atoms with Crippen LogP contribution in [0.15, 0.2) is 18.2 Å². The van der Waals surface area contributed by atoms with Crippen molar-refractivity contribution >= 4 is 23.0 Å². The second kappa shape index (κ2) is 7.49. The van der Waals surface area contributed by atoms with Gasteiger partial charge < -0.3 is 20.1 Å². The van der Waals surface area contributed by atoms with Crippen LogP contribution in [-0.2, 0) is 11.3 Å². The summed E-state index contributed by atoms with van der Waals surface area (Å²) in [5.41, 5.74) is 3.00. The molecule has 5 aliphatic rings. The molecule has 170 valence electrons. The number of nitrogens with zero attached hydrogens (tertiary/aromatic N) is 3. The quantitative estimate of drug-likeness (QED) is 0.775. The van der Waals surface area contributed by atoms with Gasteiger partial charge in [0, 0.05) is 26.2 Å². The fourth-order valence-electron chi connectivity index (χ4n) is 7.35. The lowest BCUT2D eigenvalue weighted by Crippen LogP contribution is -2.59. The van der Waals surface area contributed by atoms with E-state index in [-0.39, 0.29) is 11.4 Å². The van der Waals surface area contributed by atoms with Crippen molar-refractivity contribution < 1.29 is 9.59 Å². The number of aromatic amines is 1. The average Bonchev–Trinajstić information content (AvgIpc) is 3.18. The Balaban J connectivity index is 1.03. The Kier molecular flexibility index (Phi) is 4.70. The highest BCUT2D eigenvalue weighted by atomic mass is 16.2. The predicted octanol–water partition coefficient (Wildman–Crippen LogP) is 3.44. The topological polar surface area (TPSA) is 81.3 Å². The summed E-state index contributed by atoms with van der Waals surface area (Å²) in [5, 5.41) is 2.99. The molecule has 7 nitrogen and oxygen atoms in total. The molecular formula is C25H33N5O2. The average molecular weight is 436 g/mol. The van der Waals surface area contributed by atoms with Gasteiger partial charge in [0.25, 0.3) is 0 Å². The van der Waals surface area contributed by atoms with Crippen molar-refractivity contribution in [1.29, 1.82) is 0 Å². The van der Waals surface area contributed by atoms with Gasteiger partial charge in [0.2, 0.25) is 5.91 Å². The van der Waals surface area contributed by atoms with Crippen molar-refractivity contribution in [3.05, 3.63) is 29.6 Å². The largest absolute Gasteiger partial charge is 0.340 e. The van der Waals surface area contributed by atoms with Crippen LogP contribution in [0.4, 0.5) is 4.79 Å². The summed E-state index contributed by atoms with van der Waals surface area (Å²) in [6.07, 6.45) is 7.38. The zero-order chi connectivity index (χ0) is 21.9. The molecule has 0 radical (unpaired) electrons. The van der Waals surface area contributed by atoms with Gasteiger partial charge in [0.05, 0.1) is 23.0 Å². The fourth-order valence-corrected chi connectivity index (χ4v) is 7.35. The van der Waals surface area contributed by atoms with E-state index >= 15 is 0 Å². The molecule has 5 fully saturated rings. The first-order chi connectivity index (χ1) is 15.5. The van der Waals surface area contributed by atoms with Gasteiger partial charge in [-0.2, -0.15) is 0 Å². The molecule has 0 atom stereocenters. The van der Waals surface area contributed by atoms with Gasteiger partial charge in [-0.1, -0.05) is 6.07 Å². The van der Waals surface area contributed by atoms with Gasteiger partial charge in [-0.05, 0) is 80.9 Å². The van der Waals surface area contributed by atoms with Crippen LogP contribution in [0.3, 0.4) is 0 Å². The van der Waals surface area contributed by atoms with Crippen LogP contribution in [0.2, 0.25) is 0 Å². The lowest BCUT2D eigenvalue weighted by atomic mass is 9.49. The Bertz CT molecular complexity index is 1020. The highest BCUT2D eigenvalue weighted by Gasteiger charge is 2.55. The lowest BCUT2D eigenvalue weighted by Gasteiger charge is -2.57. The Labute approximate surface area is 188 Å². The van der Waals surface area contributed by atoms with Gasteiger partial charge in [-0.15, -0.1) is 0 Å². The summed E-state index contributed by atoms with van der Waals surface area (Å²) in [6.45, 7) is 4.93. The zero-order valence-electron chi connectivity index (χ0n) is 18.9. The third-order valence-corrected chi connectivity index (χ3v) is 8.44. The fraction of sp³-hybridized carbons (Fsp3) is 0.640. The highest BCUT2D eigenvalue weighted by Crippen LogP contribution is 2.60. The van der Waals surface area contributed by atoms with Crippen molar-refractivity contribution in [3.8, 4) is 0 Å². The van der Waals surface area contributed by atoms with Gasteiger partial charge in [-0.3, -0.25) is 4.79 Å². The Morgan fingerprint density at radius 3 is 2.31 bits per heavy atom. The maximum absolute atomic E-state index is 13.5. The molecule has 1 aromatic carbocycles. The minimum absolute atomic E-state index is 0.0801. The number of piperazine rings is 1. The van der Waals surface area contributed by atoms with Crippen molar-refractivity contribution in [2.75, 3.05) is 26.2 Å². The molecule has 7 heteroatoms. The van der Waals surface area contributed by atoms with Crippen LogP contribution >= 0.6 is 0 Å². The van der Waals surface area contributed by atoms with E-state index < -0.39 is 0 Å². The Morgan fingerprint density at radius 2 is 1.66 bits per heavy atom. The number of carbonyl (C=O) groups excluding carboxylic acids is 2. The van der Waals surface area contributed by atoms with E-state index in [9.17, 15) is 9.59 Å². The first-order valence-electron chi connectivity index (χ1n) is 12.2. The van der Waals surface area contributed by atoms with Crippen LogP contribution in [0, 0.1) is 30.1 Å². The first kappa shape index (κ1) is 20.1. The van der Waals surface area contributed by atoms with Crippen LogP contribution in [0.5, 0.6) is 0 Å². The van der Waals surface area contributed by atoms with E-state index in [0.29, 0.717) is 38.6 Å². The SMILES string of the molecule is Cc1ccc2nc(CNC(=O)N3CCN(C(=O)C45CC6CC(CC(C6)C4)C5)CC3)[nH]c2c1. The van der Waals surface area contributed by atoms with E-state index in [1.165, 1.54) is 24.8 Å². The van der Waals surface area contributed by atoms with Crippen LogP contribution in [0.25, 0.3) is 11.0 Å². The van der Waals surface area contributed by atoms with E-state index in [1.54, 1.807) is 0 Å². The molecule has 4 aliphatic carbocycles. The first-order valence-corrected chi connectivity index (χ1v) is 12.2. The Morgan fingerprint density at radius 1 is 1.03 bits per heavy atom. The minimum Gasteiger partial charge on any atom is -0.340 e. The molecule has 2 heterocycles. The summed E-state index contributed by atoms with van der Waals surface area (Å²) >= 11 is 0. The summed E-state index contributed by atoms with van der Waals surface area (Å²) in [4.78, 5) is 38.0. The molecule has 1 aliphatic heterocycles. The number of urea groups is 1. The normalized spacial score (nSPS) is 31.3. The van der Waals surface area contributed by atoms with Crippen molar-refractivity contribution in [3.63, 3.8) is 0 Å². The van der Waals surface area contributed by atoms with Gasteiger partial charge in [0.15, 0.2) is 0 Å². The molecular weight excluding hydrogens is 402 g/mol. The van der Waals surface area contributed by atoms with E-state index in [2.05, 4.69) is 33.2 Å². The number of aryl methyl sites for hydroxylation is 1. The minimum atomic E-state index is -0.0845. The number of hydrogen-bond acceptors (Lipinski definition) is 3. The molecule has 2 N–H and O–H groups in total. The van der Waals surface area contributed by atoms with Gasteiger partial charge in [0.1, 0.15) is 5.82 Å². The number of carbonyl (C=O) groups is 2. The molecule has 3 amide bonds. The standard InChI is InChI=1S/C25H33N5O2/c1-16-2-3-20-21(8-16)28-22(27-20)15-26-24(32)30-6-4-29(5-7-30)23(31)25-12-17-9-18(13-25)11-19(10-17)14-25/h2-3,8,17-19H,4-7,9-15H2,1H3,(H,26,32)(H,27,28). The smallest absolute Gasteiger partial charge is 0.317 e. The van der Waals surface area contributed by atoms with Crippen molar-refractivity contribution in [1.82, 2.24) is 25.1 Å². The van der Waals surface area contributed by atoms with Crippen LogP contribution in [-0.4, -0.2) is 57.9 Å². The molecule has 1 saturated heterocycles. The summed E-state index contributed by atoms with van der Waals surface area (Å²) < 4.78 is 0. The number of amides is 3. The van der Waals surface area contributed by atoms with E-state index in [0.717, 1.165) is 53.9 Å². The molecule has 2 aromatic rings. The number of benzene rings is 1. The maximum atomic E-state index is 13.5. The molecule has 7 rings (SSSR count). The second-order valence-corrected chi connectivity index (χ2v) is 10.8. The van der Waals surface area contributed by atoms with E-state index in [4.69, 9.17) is 0 Å². The van der Waals surface area contributed by atoms with Crippen LogP contribution < -0.4 is 5.32 Å². The zero-order valence-corrected chi connectivity index (χ0v) is 18.9. The molecule has 0 unspecified atom stereocenters. The maximum Gasteiger partial charge on any atom is 0.317 e. The van der Waals surface area contributed by atoms with Gasteiger partial charge in [-0.25, -0.2) is 9.78 Å². The summed E-state index contributed by atoms with van der Waals surface area (Å²) in [5.74, 6) is 3.47. The number of aromatic nitrogens is 2. The summed E-state index contributed by atoms with van der Waals surface area (Å²) in [7, 11) is 0. The van der Waals surface area contributed by atoms with E-state index in [1.807, 2.05) is 17.0 Å². The molecule has 4 saturated carbocycles. The number of nitrogens with one attached hydrogen (secondary N) is 2. The van der Waals surface area contributed by atoms with Crippen molar-refractivity contribution in [2.24, 2.45) is 23.2 Å². The summed E-state index contributed by atoms with van der Waals surface area (Å²) in [6, 6.07) is 6.01.